The van der Waals surface area contributed by atoms with Gasteiger partial charge >= 0.3 is 5.97 Å². The Balaban J connectivity index is 1.70. The van der Waals surface area contributed by atoms with Crippen LogP contribution in [-0.4, -0.2) is 27.9 Å². The molecule has 2 aromatic carbocycles. The first kappa shape index (κ1) is 19.4. The van der Waals surface area contributed by atoms with Crippen LogP contribution in [-0.2, 0) is 22.4 Å². The summed E-state index contributed by atoms with van der Waals surface area (Å²) in [7, 11) is 0. The van der Waals surface area contributed by atoms with Gasteiger partial charge in [-0.1, -0.05) is 30.3 Å². The smallest absolute Gasteiger partial charge is 0.341 e. The number of aromatic nitrogens is 2. The van der Waals surface area contributed by atoms with E-state index < -0.39 is 5.97 Å². The molecule has 0 aliphatic carbocycles. The number of ether oxygens (including phenoxy) is 1. The molecule has 7 heteroatoms. The predicted octanol–water partition coefficient (Wildman–Crippen LogP) is 1.58. The fourth-order valence-electron chi connectivity index (χ4n) is 3.45. The Morgan fingerprint density at radius 1 is 1.10 bits per heavy atom. The summed E-state index contributed by atoms with van der Waals surface area (Å²) in [4.78, 5) is 29.6. The highest BCUT2D eigenvalue weighted by Crippen LogP contribution is 2.20. The van der Waals surface area contributed by atoms with Crippen molar-refractivity contribution in [3.05, 3.63) is 92.0 Å². The summed E-state index contributed by atoms with van der Waals surface area (Å²) in [5.41, 5.74) is 2.67. The van der Waals surface area contributed by atoms with Gasteiger partial charge in [-0.05, 0) is 49.6 Å². The van der Waals surface area contributed by atoms with Gasteiger partial charge < -0.3 is 14.9 Å². The van der Waals surface area contributed by atoms with Crippen molar-refractivity contribution in [1.82, 2.24) is 10.2 Å². The number of para-hydroxylation sites is 1. The van der Waals surface area contributed by atoms with Crippen LogP contribution in [0.4, 0.5) is 0 Å². The summed E-state index contributed by atoms with van der Waals surface area (Å²) in [6.45, 7) is 2.00. The lowest BCUT2D eigenvalue weighted by molar-refractivity contribution is -0.136. The van der Waals surface area contributed by atoms with Gasteiger partial charge in [0.1, 0.15) is 5.75 Å². The van der Waals surface area contributed by atoms with E-state index in [4.69, 9.17) is 4.74 Å². The number of aryl methyl sites for hydroxylation is 2. The zero-order valence-electron chi connectivity index (χ0n) is 16.4. The minimum Gasteiger partial charge on any atom is -0.508 e. The number of rotatable bonds is 6. The molecular formula is C23H21N3O4. The lowest BCUT2D eigenvalue weighted by atomic mass is 10.0. The summed E-state index contributed by atoms with van der Waals surface area (Å²) >= 11 is 0. The fraction of sp³-hybridized carbons (Fsp3) is 0.174. The number of phenols is 1. The van der Waals surface area contributed by atoms with Crippen LogP contribution in [0.15, 0.2) is 64.0 Å². The normalized spacial score (nSPS) is 13.9. The molecule has 0 atom stereocenters. The van der Waals surface area contributed by atoms with Gasteiger partial charge in [0.05, 0.1) is 28.8 Å². The fourth-order valence-corrected chi connectivity index (χ4v) is 3.45. The van der Waals surface area contributed by atoms with Gasteiger partial charge in [-0.3, -0.25) is 9.89 Å². The van der Waals surface area contributed by atoms with Crippen molar-refractivity contribution in [2.45, 2.75) is 19.8 Å². The molecule has 0 saturated heterocycles. The first-order valence-corrected chi connectivity index (χ1v) is 9.71. The minimum absolute atomic E-state index is 0.212. The van der Waals surface area contributed by atoms with Gasteiger partial charge in [0.25, 0.3) is 5.56 Å². The third kappa shape index (κ3) is 3.82. The molecule has 0 unspecified atom stereocenters. The van der Waals surface area contributed by atoms with E-state index in [1.165, 1.54) is 0 Å². The van der Waals surface area contributed by atoms with Crippen LogP contribution >= 0.6 is 0 Å². The molecule has 1 aliphatic rings. The maximum atomic E-state index is 12.6. The van der Waals surface area contributed by atoms with Crippen molar-refractivity contribution in [3.63, 3.8) is 0 Å². The van der Waals surface area contributed by atoms with Crippen LogP contribution < -0.4 is 16.1 Å². The number of carbonyl (C=O) groups is 1. The number of esters is 1. The first-order chi connectivity index (χ1) is 14.6. The molecule has 2 heterocycles. The lowest BCUT2D eigenvalue weighted by Crippen LogP contribution is -2.25. The molecule has 0 amide bonds. The Morgan fingerprint density at radius 3 is 2.63 bits per heavy atom. The largest absolute Gasteiger partial charge is 0.508 e. The van der Waals surface area contributed by atoms with Crippen molar-refractivity contribution in [2.24, 2.45) is 4.99 Å². The summed E-state index contributed by atoms with van der Waals surface area (Å²) < 4.78 is 5.22. The second-order valence-corrected chi connectivity index (χ2v) is 6.89. The number of benzene rings is 2. The van der Waals surface area contributed by atoms with E-state index in [1.54, 1.807) is 25.1 Å². The summed E-state index contributed by atoms with van der Waals surface area (Å²) in [6, 6.07) is 14.3. The number of carbonyl (C=O) groups excluding carboxylic acids is 1. The number of aromatic amines is 2. The number of fused-ring (bicyclic) bond motifs is 1. The van der Waals surface area contributed by atoms with Gasteiger partial charge in [0.15, 0.2) is 0 Å². The van der Waals surface area contributed by atoms with Crippen molar-refractivity contribution in [2.75, 3.05) is 6.61 Å². The minimum atomic E-state index is -0.463. The van der Waals surface area contributed by atoms with Gasteiger partial charge in [0.2, 0.25) is 0 Å². The van der Waals surface area contributed by atoms with E-state index in [0.29, 0.717) is 40.3 Å². The third-order valence-electron chi connectivity index (χ3n) is 4.93. The third-order valence-corrected chi connectivity index (χ3v) is 4.93. The summed E-state index contributed by atoms with van der Waals surface area (Å²) in [6.07, 6.45) is 2.88. The maximum Gasteiger partial charge on any atom is 0.341 e. The molecule has 152 valence electrons. The number of hydrogen-bond acceptors (Lipinski definition) is 5. The molecule has 1 aliphatic heterocycles. The highest BCUT2D eigenvalue weighted by atomic mass is 16.5. The summed E-state index contributed by atoms with van der Waals surface area (Å²) in [5, 5.41) is 16.3. The van der Waals surface area contributed by atoms with Gasteiger partial charge in [-0.2, -0.15) is 0 Å². The van der Waals surface area contributed by atoms with E-state index in [0.717, 1.165) is 11.3 Å². The summed E-state index contributed by atoms with van der Waals surface area (Å²) in [5.74, 6) is -0.251. The van der Waals surface area contributed by atoms with Gasteiger partial charge in [0, 0.05) is 10.9 Å². The Bertz CT molecular complexity index is 1300. The molecule has 0 fully saturated rings. The van der Waals surface area contributed by atoms with Gasteiger partial charge in [-0.15, -0.1) is 0 Å². The Kier molecular flexibility index (Phi) is 5.34. The quantitative estimate of drug-likeness (QED) is 0.543. The van der Waals surface area contributed by atoms with Crippen LogP contribution in [0.25, 0.3) is 11.6 Å². The van der Waals surface area contributed by atoms with Crippen LogP contribution in [0.3, 0.4) is 0 Å². The number of hydrogen-bond donors (Lipinski definition) is 3. The second-order valence-electron chi connectivity index (χ2n) is 6.89. The number of aromatic hydroxyl groups is 1. The molecule has 30 heavy (non-hydrogen) atoms. The molecule has 0 bridgehead atoms. The van der Waals surface area contributed by atoms with Crippen LogP contribution in [0.1, 0.15) is 23.7 Å². The van der Waals surface area contributed by atoms with Crippen molar-refractivity contribution < 1.29 is 14.6 Å². The van der Waals surface area contributed by atoms with Crippen molar-refractivity contribution >= 4 is 17.6 Å². The zero-order valence-corrected chi connectivity index (χ0v) is 16.4. The zero-order chi connectivity index (χ0) is 21.1. The van der Waals surface area contributed by atoms with Crippen molar-refractivity contribution in [1.29, 1.82) is 0 Å². The highest BCUT2D eigenvalue weighted by molar-refractivity contribution is 6.17. The van der Waals surface area contributed by atoms with E-state index in [2.05, 4.69) is 15.2 Å². The topological polar surface area (TPSA) is 108 Å². The number of nitrogens with zero attached hydrogens (tertiary/aromatic N) is 1. The van der Waals surface area contributed by atoms with Crippen LogP contribution in [0.5, 0.6) is 5.75 Å². The Hall–Kier alpha value is -3.87. The lowest BCUT2D eigenvalue weighted by Gasteiger charge is -2.05. The SMILES string of the molecule is CCOC(=O)C1=c2ccccc2=N/C1=C/c1c(CCc2ccc(O)cc2)[nH][nH]c1=O. The molecule has 7 nitrogen and oxygen atoms in total. The average Bonchev–Trinajstić information content (AvgIpc) is 3.28. The average molecular weight is 403 g/mol. The van der Waals surface area contributed by atoms with E-state index in [1.807, 2.05) is 36.4 Å². The number of H-pyrrole nitrogens is 2. The molecule has 1 aromatic heterocycles. The molecular weight excluding hydrogens is 382 g/mol. The standard InChI is InChI=1S/C23H21N3O4/c1-2-30-23(29)21-16-5-3-4-6-18(16)24-20(21)13-17-19(25-26-22(17)28)12-9-14-7-10-15(27)11-8-14/h3-8,10-11,13,27H,2,9,12H2,1H3,(H2,25,26,28)/b20-13+. The van der Waals surface area contributed by atoms with Crippen LogP contribution in [0, 0.1) is 0 Å². The Morgan fingerprint density at radius 2 is 1.87 bits per heavy atom. The molecule has 0 radical (unpaired) electrons. The predicted molar refractivity (Wildman–Crippen MR) is 112 cm³/mol. The van der Waals surface area contributed by atoms with Gasteiger partial charge in [-0.25, -0.2) is 9.79 Å². The number of phenolic OH excluding ortho intramolecular Hbond substituents is 1. The molecule has 3 aromatic rings. The Labute approximate surface area is 172 Å². The van der Waals surface area contributed by atoms with E-state index in [-0.39, 0.29) is 17.9 Å². The van der Waals surface area contributed by atoms with Crippen LogP contribution in [0.2, 0.25) is 0 Å². The second kappa shape index (κ2) is 8.24. The molecule has 3 N–H and O–H groups in total. The highest BCUT2D eigenvalue weighted by Gasteiger charge is 2.22. The van der Waals surface area contributed by atoms with E-state index >= 15 is 0 Å². The molecule has 4 rings (SSSR count). The van der Waals surface area contributed by atoms with E-state index in [9.17, 15) is 14.7 Å². The molecule has 0 spiro atoms. The maximum absolute atomic E-state index is 12.6. The first-order valence-electron chi connectivity index (χ1n) is 9.71. The van der Waals surface area contributed by atoms with Crippen molar-refractivity contribution in [3.8, 4) is 5.75 Å². The molecule has 0 saturated carbocycles. The monoisotopic (exact) mass is 403 g/mol. The number of nitrogens with one attached hydrogen (secondary N) is 2.